The predicted octanol–water partition coefficient (Wildman–Crippen LogP) is 3.70. The molecule has 0 saturated carbocycles. The van der Waals surface area contributed by atoms with Gasteiger partial charge in [0, 0.05) is 6.42 Å². The summed E-state index contributed by atoms with van der Waals surface area (Å²) in [5.74, 6) is -0.509. The van der Waals surface area contributed by atoms with Gasteiger partial charge in [-0.05, 0) is 42.9 Å². The van der Waals surface area contributed by atoms with Crippen molar-refractivity contribution >= 4 is 11.9 Å². The highest BCUT2D eigenvalue weighted by Crippen LogP contribution is 2.27. The number of hydrogen-bond donors (Lipinski definition) is 2. The van der Waals surface area contributed by atoms with Gasteiger partial charge in [0.15, 0.2) is 0 Å². The average molecular weight is 352 g/mol. The summed E-state index contributed by atoms with van der Waals surface area (Å²) in [5, 5.41) is 17.1. The molecule has 0 fully saturated rings. The molecule has 6 heteroatoms. The van der Waals surface area contributed by atoms with E-state index in [0.29, 0.717) is 12.5 Å². The highest BCUT2D eigenvalue weighted by molar-refractivity contribution is 5.68. The minimum atomic E-state index is -0.988. The van der Waals surface area contributed by atoms with Crippen molar-refractivity contribution in [2.24, 2.45) is 0 Å². The molecule has 0 aliphatic heterocycles. The Kier molecular flexibility index (Phi) is 10.3. The number of rotatable bonds is 14. The molecule has 0 saturated heterocycles. The van der Waals surface area contributed by atoms with Crippen LogP contribution in [0.5, 0.6) is 5.75 Å². The lowest BCUT2D eigenvalue weighted by Gasteiger charge is -2.16. The van der Waals surface area contributed by atoms with Gasteiger partial charge in [0.2, 0.25) is 0 Å². The van der Waals surface area contributed by atoms with E-state index in [4.69, 9.17) is 19.7 Å². The van der Waals surface area contributed by atoms with E-state index in [9.17, 15) is 9.59 Å². The van der Waals surface area contributed by atoms with Crippen LogP contribution >= 0.6 is 0 Å². The van der Waals surface area contributed by atoms with Crippen LogP contribution in [0.25, 0.3) is 0 Å². The van der Waals surface area contributed by atoms with E-state index < -0.39 is 11.9 Å². The lowest BCUT2D eigenvalue weighted by molar-refractivity contribution is -0.142. The quantitative estimate of drug-likeness (QED) is 0.496. The third kappa shape index (κ3) is 9.72. The Labute approximate surface area is 148 Å². The van der Waals surface area contributed by atoms with Crippen LogP contribution in [0.4, 0.5) is 0 Å². The third-order valence-electron chi connectivity index (χ3n) is 4.01. The molecule has 0 spiro atoms. The van der Waals surface area contributed by atoms with Crippen molar-refractivity contribution in [3.8, 4) is 5.75 Å². The second-order valence-corrected chi connectivity index (χ2v) is 5.96. The van der Waals surface area contributed by atoms with Gasteiger partial charge in [0.1, 0.15) is 19.0 Å². The molecule has 2 N–H and O–H groups in total. The minimum absolute atomic E-state index is 0.238. The molecule has 140 valence electrons. The number of hydrogen-bond acceptors (Lipinski definition) is 4. The summed E-state index contributed by atoms with van der Waals surface area (Å²) >= 11 is 0. The zero-order valence-electron chi connectivity index (χ0n) is 14.8. The molecule has 0 bridgehead atoms. The van der Waals surface area contributed by atoms with Crippen LogP contribution < -0.4 is 4.74 Å². The molecular formula is C19H28O6. The summed E-state index contributed by atoms with van der Waals surface area (Å²) in [4.78, 5) is 20.8. The fraction of sp³-hybridized carbons (Fsp3) is 0.579. The molecule has 0 aliphatic carbocycles. The maximum atomic E-state index is 10.5. The fourth-order valence-corrected chi connectivity index (χ4v) is 2.66. The Bertz CT molecular complexity index is 511. The SMILES string of the molecule is CCC(CCCCCC(=O)O)c1ccc(OCCOCC(=O)O)cc1. The van der Waals surface area contributed by atoms with Crippen LogP contribution in [0.15, 0.2) is 24.3 Å². The second-order valence-electron chi connectivity index (χ2n) is 5.96. The molecule has 0 amide bonds. The highest BCUT2D eigenvalue weighted by atomic mass is 16.5. The lowest BCUT2D eigenvalue weighted by atomic mass is 9.91. The maximum absolute atomic E-state index is 10.5. The standard InChI is InChI=1S/C19H28O6/c1-2-15(6-4-3-5-7-18(20)21)16-8-10-17(11-9-16)25-13-12-24-14-19(22)23/h8-11,15H,2-7,12-14H2,1H3,(H,20,21)(H,22,23). The molecule has 0 radical (unpaired) electrons. The normalized spacial score (nSPS) is 11.9. The zero-order chi connectivity index (χ0) is 18.5. The Morgan fingerprint density at radius 1 is 1.00 bits per heavy atom. The van der Waals surface area contributed by atoms with Crippen molar-refractivity contribution in [3.05, 3.63) is 29.8 Å². The fourth-order valence-electron chi connectivity index (χ4n) is 2.66. The van der Waals surface area contributed by atoms with Crippen molar-refractivity contribution in [1.82, 2.24) is 0 Å². The van der Waals surface area contributed by atoms with E-state index in [1.807, 2.05) is 12.1 Å². The molecule has 1 aromatic carbocycles. The number of unbranched alkanes of at least 4 members (excludes halogenated alkanes) is 2. The van der Waals surface area contributed by atoms with E-state index in [1.165, 1.54) is 5.56 Å². The summed E-state index contributed by atoms with van der Waals surface area (Å²) < 4.78 is 10.4. The van der Waals surface area contributed by atoms with Crippen molar-refractivity contribution in [2.45, 2.75) is 51.4 Å². The van der Waals surface area contributed by atoms with E-state index in [1.54, 1.807) is 0 Å². The number of aliphatic carboxylic acids is 2. The van der Waals surface area contributed by atoms with Gasteiger partial charge in [0.05, 0.1) is 6.61 Å². The summed E-state index contributed by atoms with van der Waals surface area (Å²) in [6.07, 6.45) is 5.06. The van der Waals surface area contributed by atoms with Gasteiger partial charge in [-0.15, -0.1) is 0 Å². The predicted molar refractivity (Wildman–Crippen MR) is 94.1 cm³/mol. The first kappa shape index (κ1) is 21.0. The monoisotopic (exact) mass is 352 g/mol. The largest absolute Gasteiger partial charge is 0.491 e. The molecule has 1 rings (SSSR count). The molecule has 1 atom stereocenters. The number of ether oxygens (including phenoxy) is 2. The van der Waals surface area contributed by atoms with Gasteiger partial charge >= 0.3 is 11.9 Å². The van der Waals surface area contributed by atoms with Gasteiger partial charge in [0.25, 0.3) is 0 Å². The van der Waals surface area contributed by atoms with E-state index in [0.717, 1.165) is 37.9 Å². The second kappa shape index (κ2) is 12.3. The first-order valence-electron chi connectivity index (χ1n) is 8.77. The molecule has 1 aromatic rings. The molecule has 0 aliphatic rings. The van der Waals surface area contributed by atoms with Crippen LogP contribution in [0.3, 0.4) is 0 Å². The maximum Gasteiger partial charge on any atom is 0.329 e. The summed E-state index contributed by atoms with van der Waals surface area (Å²) in [6.45, 7) is 2.40. The lowest BCUT2D eigenvalue weighted by Crippen LogP contribution is -2.12. The molecular weight excluding hydrogens is 324 g/mol. The molecule has 0 aromatic heterocycles. The Balaban J connectivity index is 2.31. The van der Waals surface area contributed by atoms with Gasteiger partial charge < -0.3 is 19.7 Å². The average Bonchev–Trinajstić information content (AvgIpc) is 2.58. The summed E-state index contributed by atoms with van der Waals surface area (Å²) in [7, 11) is 0. The van der Waals surface area contributed by atoms with E-state index >= 15 is 0 Å². The molecule has 1 unspecified atom stereocenters. The van der Waals surface area contributed by atoms with Crippen molar-refractivity contribution in [1.29, 1.82) is 0 Å². The van der Waals surface area contributed by atoms with Crippen LogP contribution in [-0.4, -0.2) is 42.0 Å². The van der Waals surface area contributed by atoms with Gasteiger partial charge in [-0.25, -0.2) is 4.79 Å². The van der Waals surface area contributed by atoms with E-state index in [-0.39, 0.29) is 19.6 Å². The smallest absolute Gasteiger partial charge is 0.329 e. The van der Waals surface area contributed by atoms with Crippen LogP contribution in [0.2, 0.25) is 0 Å². The number of carboxylic acids is 2. The number of carbonyl (C=O) groups is 2. The highest BCUT2D eigenvalue weighted by Gasteiger charge is 2.09. The Hall–Kier alpha value is -2.08. The van der Waals surface area contributed by atoms with Crippen LogP contribution in [-0.2, 0) is 14.3 Å². The zero-order valence-corrected chi connectivity index (χ0v) is 14.8. The molecule has 0 heterocycles. The van der Waals surface area contributed by atoms with Crippen LogP contribution in [0, 0.1) is 0 Å². The Morgan fingerprint density at radius 3 is 2.32 bits per heavy atom. The summed E-state index contributed by atoms with van der Waals surface area (Å²) in [5.41, 5.74) is 1.26. The Morgan fingerprint density at radius 2 is 1.72 bits per heavy atom. The molecule has 25 heavy (non-hydrogen) atoms. The van der Waals surface area contributed by atoms with E-state index in [2.05, 4.69) is 19.1 Å². The first-order valence-corrected chi connectivity index (χ1v) is 8.77. The topological polar surface area (TPSA) is 93.1 Å². The minimum Gasteiger partial charge on any atom is -0.491 e. The number of benzene rings is 1. The van der Waals surface area contributed by atoms with Gasteiger partial charge in [-0.1, -0.05) is 31.9 Å². The van der Waals surface area contributed by atoms with Crippen molar-refractivity contribution < 1.29 is 29.3 Å². The number of carboxylic acid groups (broad SMARTS) is 2. The van der Waals surface area contributed by atoms with Gasteiger partial charge in [-0.2, -0.15) is 0 Å². The van der Waals surface area contributed by atoms with Gasteiger partial charge in [-0.3, -0.25) is 4.79 Å². The van der Waals surface area contributed by atoms with Crippen LogP contribution in [0.1, 0.15) is 56.9 Å². The molecule has 6 nitrogen and oxygen atoms in total. The summed E-state index contributed by atoms with van der Waals surface area (Å²) in [6, 6.07) is 7.94. The first-order chi connectivity index (χ1) is 12.0. The van der Waals surface area contributed by atoms with Crippen molar-refractivity contribution in [3.63, 3.8) is 0 Å². The third-order valence-corrected chi connectivity index (χ3v) is 4.01. The van der Waals surface area contributed by atoms with Crippen molar-refractivity contribution in [2.75, 3.05) is 19.8 Å².